The molecule has 0 radical (unpaired) electrons. The zero-order chi connectivity index (χ0) is 13.3. The van der Waals surface area contributed by atoms with Crippen LogP contribution in [0.2, 0.25) is 0 Å². The van der Waals surface area contributed by atoms with Gasteiger partial charge in [0, 0.05) is 0 Å². The molecular weight excluding hydrogens is 286 g/mol. The highest BCUT2D eigenvalue weighted by atomic mass is 79.9. The molecule has 2 heteroatoms. The highest BCUT2D eigenvalue weighted by Crippen LogP contribution is 2.14. The molecule has 1 atom stereocenters. The van der Waals surface area contributed by atoms with E-state index < -0.39 is 0 Å². The van der Waals surface area contributed by atoms with Crippen molar-refractivity contribution in [3.8, 4) is 0 Å². The fourth-order valence-electron chi connectivity index (χ4n) is 2.07. The normalized spacial score (nSPS) is 12.8. The number of allylic oxidation sites excluding steroid dienone is 2. The third-order valence-electron chi connectivity index (χ3n) is 3.56. The zero-order valence-electron chi connectivity index (χ0n) is 13.4. The highest BCUT2D eigenvalue weighted by Gasteiger charge is 2.15. The Kier molecular flexibility index (Phi) is 12.6. The third kappa shape index (κ3) is 12.6. The second-order valence-corrected chi connectivity index (χ2v) is 6.49. The lowest BCUT2D eigenvalue weighted by Gasteiger charge is -2.30. The molecule has 0 aromatic rings. The van der Waals surface area contributed by atoms with Crippen LogP contribution < -0.4 is 17.0 Å². The number of unbranched alkanes of at least 4 members (excludes halogenated alkanes) is 1. The van der Waals surface area contributed by atoms with Crippen LogP contribution in [0.1, 0.15) is 59.8 Å². The van der Waals surface area contributed by atoms with E-state index >= 15 is 0 Å². The Hall–Kier alpha value is 0.180. The molecule has 0 fully saturated rings. The number of hydrogen-bond donors (Lipinski definition) is 0. The molecule has 110 valence electrons. The van der Waals surface area contributed by atoms with Gasteiger partial charge < -0.3 is 21.5 Å². The fraction of sp³-hybridized carbons (Fsp3) is 0.875. The van der Waals surface area contributed by atoms with Gasteiger partial charge in [-0.05, 0) is 45.4 Å². The minimum Gasteiger partial charge on any atom is -1.00 e. The van der Waals surface area contributed by atoms with Crippen LogP contribution in [0.15, 0.2) is 11.6 Å². The summed E-state index contributed by atoms with van der Waals surface area (Å²) in [6, 6.07) is 0. The van der Waals surface area contributed by atoms with Crippen molar-refractivity contribution in [2.75, 3.05) is 27.2 Å². The molecule has 0 N–H and O–H groups in total. The number of halogens is 1. The Morgan fingerprint density at radius 3 is 2.22 bits per heavy atom. The molecular formula is C16H34BrN. The molecule has 18 heavy (non-hydrogen) atoms. The molecule has 0 aliphatic rings. The Morgan fingerprint density at radius 2 is 1.72 bits per heavy atom. The van der Waals surface area contributed by atoms with Crippen molar-refractivity contribution in [3.63, 3.8) is 0 Å². The molecule has 0 aliphatic carbocycles. The van der Waals surface area contributed by atoms with E-state index in [4.69, 9.17) is 0 Å². The van der Waals surface area contributed by atoms with Gasteiger partial charge in [-0.3, -0.25) is 0 Å². The summed E-state index contributed by atoms with van der Waals surface area (Å²) in [6.45, 7) is 11.7. The van der Waals surface area contributed by atoms with Crippen LogP contribution in [-0.2, 0) is 0 Å². The van der Waals surface area contributed by atoms with E-state index in [2.05, 4.69) is 47.9 Å². The summed E-state index contributed by atoms with van der Waals surface area (Å²) in [4.78, 5) is 0. The summed E-state index contributed by atoms with van der Waals surface area (Å²) < 4.78 is 1.20. The van der Waals surface area contributed by atoms with Gasteiger partial charge in [-0.2, -0.15) is 0 Å². The molecule has 0 aliphatic heterocycles. The maximum Gasteiger partial charge on any atom is 0.0785 e. The van der Waals surface area contributed by atoms with Crippen LogP contribution in [0, 0.1) is 5.92 Å². The second kappa shape index (κ2) is 11.0. The topological polar surface area (TPSA) is 0 Å². The lowest BCUT2D eigenvalue weighted by Crippen LogP contribution is -3.00. The van der Waals surface area contributed by atoms with Gasteiger partial charge in [0.05, 0.1) is 27.2 Å². The number of quaternary nitrogens is 1. The van der Waals surface area contributed by atoms with Gasteiger partial charge in [0.25, 0.3) is 0 Å². The van der Waals surface area contributed by atoms with E-state index in [1.54, 1.807) is 0 Å². The minimum atomic E-state index is 0. The van der Waals surface area contributed by atoms with Gasteiger partial charge in [0.1, 0.15) is 0 Å². The summed E-state index contributed by atoms with van der Waals surface area (Å²) in [7, 11) is 4.75. The minimum absolute atomic E-state index is 0. The Bertz CT molecular complexity index is 217. The predicted octanol–water partition coefficient (Wildman–Crippen LogP) is 1.64. The van der Waals surface area contributed by atoms with Crippen molar-refractivity contribution in [2.24, 2.45) is 5.92 Å². The summed E-state index contributed by atoms with van der Waals surface area (Å²) in [6.07, 6.45) is 9.02. The average molecular weight is 320 g/mol. The molecule has 0 aromatic carbocycles. The van der Waals surface area contributed by atoms with Crippen molar-refractivity contribution < 1.29 is 21.5 Å². The van der Waals surface area contributed by atoms with Crippen LogP contribution in [0.3, 0.4) is 0 Å². The summed E-state index contributed by atoms with van der Waals surface area (Å²) in [5.74, 6) is 0.865. The number of hydrogen-bond acceptors (Lipinski definition) is 0. The first kappa shape index (κ1) is 20.5. The Balaban J connectivity index is 0. The lowest BCUT2D eigenvalue weighted by atomic mass is 10.0. The molecule has 0 aromatic heterocycles. The first-order valence-corrected chi connectivity index (χ1v) is 7.32. The maximum absolute atomic E-state index is 2.40. The molecule has 0 rings (SSSR count). The Labute approximate surface area is 126 Å². The fourth-order valence-corrected chi connectivity index (χ4v) is 2.07. The lowest BCUT2D eigenvalue weighted by molar-refractivity contribution is -0.891. The largest absolute Gasteiger partial charge is 1.00 e. The third-order valence-corrected chi connectivity index (χ3v) is 3.56. The van der Waals surface area contributed by atoms with Crippen molar-refractivity contribution in [3.05, 3.63) is 11.6 Å². The molecule has 0 heterocycles. The van der Waals surface area contributed by atoms with E-state index in [0.29, 0.717) is 0 Å². The first-order chi connectivity index (χ1) is 7.87. The van der Waals surface area contributed by atoms with Gasteiger partial charge in [0.15, 0.2) is 0 Å². The molecule has 0 amide bonds. The maximum atomic E-state index is 2.40. The van der Waals surface area contributed by atoms with Crippen LogP contribution in [0.4, 0.5) is 0 Å². The quantitative estimate of drug-likeness (QED) is 0.448. The molecule has 0 bridgehead atoms. The van der Waals surface area contributed by atoms with Crippen LogP contribution in [0.5, 0.6) is 0 Å². The average Bonchev–Trinajstić information content (AvgIpc) is 2.23. The van der Waals surface area contributed by atoms with Crippen LogP contribution in [-0.4, -0.2) is 31.7 Å². The monoisotopic (exact) mass is 319 g/mol. The van der Waals surface area contributed by atoms with Gasteiger partial charge in [-0.1, -0.05) is 31.9 Å². The van der Waals surface area contributed by atoms with Gasteiger partial charge >= 0.3 is 0 Å². The molecule has 1 nitrogen and oxygen atoms in total. The van der Waals surface area contributed by atoms with Gasteiger partial charge in [-0.25, -0.2) is 0 Å². The van der Waals surface area contributed by atoms with Crippen LogP contribution in [0.25, 0.3) is 0 Å². The number of rotatable bonds is 9. The van der Waals surface area contributed by atoms with Crippen molar-refractivity contribution in [1.29, 1.82) is 0 Å². The van der Waals surface area contributed by atoms with E-state index in [9.17, 15) is 0 Å². The summed E-state index contributed by atoms with van der Waals surface area (Å²) in [5, 5.41) is 0. The Morgan fingerprint density at radius 1 is 1.11 bits per heavy atom. The van der Waals surface area contributed by atoms with Crippen molar-refractivity contribution in [1.82, 2.24) is 0 Å². The molecule has 0 unspecified atom stereocenters. The summed E-state index contributed by atoms with van der Waals surface area (Å²) >= 11 is 0. The standard InChI is InChI=1S/C16H34N.BrH/c1-7-8-13-17(5,6)14-12-16(4)11-9-10-15(2)3;/h10,16H,7-9,11-14H2,1-6H3;1H/q+1;/p-1/t16-;/m1./s1. The predicted molar refractivity (Wildman–Crippen MR) is 79.2 cm³/mol. The van der Waals surface area contributed by atoms with E-state index in [1.165, 1.54) is 55.2 Å². The smallest absolute Gasteiger partial charge is 0.0785 e. The SMILES string of the molecule is CCCC[N+](C)(C)CC[C@H](C)CCC=C(C)C.[Br-]. The molecule has 0 spiro atoms. The molecule has 0 saturated carbocycles. The van der Waals surface area contributed by atoms with Crippen molar-refractivity contribution in [2.45, 2.75) is 59.8 Å². The second-order valence-electron chi connectivity index (χ2n) is 6.49. The van der Waals surface area contributed by atoms with Gasteiger partial charge in [0.2, 0.25) is 0 Å². The number of nitrogens with zero attached hydrogens (tertiary/aromatic N) is 1. The zero-order valence-corrected chi connectivity index (χ0v) is 15.0. The van der Waals surface area contributed by atoms with E-state index in [0.717, 1.165) is 5.92 Å². The summed E-state index contributed by atoms with van der Waals surface area (Å²) in [5.41, 5.74) is 1.45. The molecule has 0 saturated heterocycles. The van der Waals surface area contributed by atoms with Gasteiger partial charge in [-0.15, -0.1) is 0 Å². The van der Waals surface area contributed by atoms with Crippen molar-refractivity contribution >= 4 is 0 Å². The van der Waals surface area contributed by atoms with Crippen LogP contribution >= 0.6 is 0 Å². The highest BCUT2D eigenvalue weighted by molar-refractivity contribution is 4.92. The van der Waals surface area contributed by atoms with E-state index in [1.807, 2.05) is 0 Å². The van der Waals surface area contributed by atoms with E-state index in [-0.39, 0.29) is 17.0 Å². The first-order valence-electron chi connectivity index (χ1n) is 7.32.